The van der Waals surface area contributed by atoms with Gasteiger partial charge in [0.25, 0.3) is 0 Å². The third kappa shape index (κ3) is 3.21. The van der Waals surface area contributed by atoms with Gasteiger partial charge in [-0.25, -0.2) is 0 Å². The maximum Gasteiger partial charge on any atom is 0.225 e. The summed E-state index contributed by atoms with van der Waals surface area (Å²) < 4.78 is 0. The van der Waals surface area contributed by atoms with E-state index < -0.39 is 0 Å². The molecule has 0 atom stereocenters. The Bertz CT molecular complexity index is 253. The van der Waals surface area contributed by atoms with Crippen LogP contribution in [0.2, 0.25) is 0 Å². The Kier molecular flexibility index (Phi) is 4.43. The molecule has 0 radical (unpaired) electrons. The van der Waals surface area contributed by atoms with Gasteiger partial charge >= 0.3 is 0 Å². The molecule has 1 saturated heterocycles. The number of nitrogens with one attached hydrogen (secondary N) is 1. The van der Waals surface area contributed by atoms with E-state index in [1.807, 2.05) is 11.9 Å². The van der Waals surface area contributed by atoms with Crippen LogP contribution in [-0.2, 0) is 4.79 Å². The summed E-state index contributed by atoms with van der Waals surface area (Å²) in [6.45, 7) is 4.42. The minimum absolute atomic E-state index is 0.311. The van der Waals surface area contributed by atoms with Crippen LogP contribution in [0.25, 0.3) is 0 Å². The van der Waals surface area contributed by atoms with E-state index in [1.54, 1.807) is 0 Å². The van der Waals surface area contributed by atoms with E-state index in [1.165, 1.54) is 12.8 Å². The van der Waals surface area contributed by atoms with Gasteiger partial charge in [-0.15, -0.1) is 0 Å². The van der Waals surface area contributed by atoms with E-state index in [4.69, 9.17) is 0 Å². The molecule has 3 heteroatoms. The van der Waals surface area contributed by atoms with Gasteiger partial charge in [0.15, 0.2) is 0 Å². The summed E-state index contributed by atoms with van der Waals surface area (Å²) >= 11 is 0. The molecule has 0 aromatic heterocycles. The molecule has 98 valence electrons. The second-order valence-corrected chi connectivity index (χ2v) is 5.89. The van der Waals surface area contributed by atoms with E-state index in [0.29, 0.717) is 17.9 Å². The van der Waals surface area contributed by atoms with Crippen molar-refractivity contribution in [2.45, 2.75) is 51.5 Å². The van der Waals surface area contributed by atoms with Crippen molar-refractivity contribution in [2.75, 3.05) is 20.1 Å². The molecule has 1 saturated carbocycles. The number of nitrogens with zero attached hydrogens (tertiary/aromatic N) is 1. The van der Waals surface area contributed by atoms with Crippen molar-refractivity contribution < 1.29 is 4.79 Å². The average molecular weight is 238 g/mol. The third-order valence-electron chi connectivity index (χ3n) is 4.57. The molecule has 1 amide bonds. The normalized spacial score (nSPS) is 31.2. The number of hydrogen-bond acceptors (Lipinski definition) is 2. The summed E-state index contributed by atoms with van der Waals surface area (Å²) in [7, 11) is 2.01. The van der Waals surface area contributed by atoms with Gasteiger partial charge in [-0.2, -0.15) is 0 Å². The molecule has 2 rings (SSSR count). The van der Waals surface area contributed by atoms with Crippen LogP contribution < -0.4 is 5.32 Å². The maximum atomic E-state index is 12.4. The molecule has 1 heterocycles. The molecular weight excluding hydrogens is 212 g/mol. The Morgan fingerprint density at radius 2 is 1.65 bits per heavy atom. The molecule has 1 aliphatic heterocycles. The minimum atomic E-state index is 0.311. The van der Waals surface area contributed by atoms with Crippen LogP contribution in [0, 0.1) is 11.8 Å². The van der Waals surface area contributed by atoms with Crippen LogP contribution in [0.3, 0.4) is 0 Å². The first-order chi connectivity index (χ1) is 8.18. The van der Waals surface area contributed by atoms with Gasteiger partial charge in [0.05, 0.1) is 0 Å². The number of carbonyl (C=O) groups is 1. The van der Waals surface area contributed by atoms with Gasteiger partial charge in [0.1, 0.15) is 0 Å². The maximum absolute atomic E-state index is 12.4. The summed E-state index contributed by atoms with van der Waals surface area (Å²) in [5.74, 6) is 1.54. The molecule has 3 nitrogen and oxygen atoms in total. The molecule has 1 aliphatic carbocycles. The average Bonchev–Trinajstić information content (AvgIpc) is 2.39. The number of rotatable bonds is 2. The lowest BCUT2D eigenvalue weighted by Gasteiger charge is -2.35. The van der Waals surface area contributed by atoms with E-state index in [-0.39, 0.29) is 0 Å². The van der Waals surface area contributed by atoms with Gasteiger partial charge in [-0.1, -0.05) is 6.92 Å². The van der Waals surface area contributed by atoms with Crippen molar-refractivity contribution in [1.29, 1.82) is 0 Å². The second-order valence-electron chi connectivity index (χ2n) is 5.89. The molecule has 0 aromatic carbocycles. The smallest absolute Gasteiger partial charge is 0.225 e. The zero-order valence-corrected chi connectivity index (χ0v) is 11.2. The van der Waals surface area contributed by atoms with E-state index in [9.17, 15) is 4.79 Å². The van der Waals surface area contributed by atoms with E-state index >= 15 is 0 Å². The van der Waals surface area contributed by atoms with E-state index in [0.717, 1.165) is 44.7 Å². The zero-order chi connectivity index (χ0) is 12.3. The molecular formula is C14H26N2O. The van der Waals surface area contributed by atoms with Gasteiger partial charge in [0.2, 0.25) is 5.91 Å². The number of piperidine rings is 1. The van der Waals surface area contributed by atoms with Crippen molar-refractivity contribution in [2.24, 2.45) is 11.8 Å². The fraction of sp³-hybridized carbons (Fsp3) is 0.929. The molecule has 17 heavy (non-hydrogen) atoms. The predicted molar refractivity (Wildman–Crippen MR) is 69.8 cm³/mol. The zero-order valence-electron chi connectivity index (χ0n) is 11.2. The highest BCUT2D eigenvalue weighted by molar-refractivity contribution is 5.79. The minimum Gasteiger partial charge on any atom is -0.342 e. The number of hydrogen-bond donors (Lipinski definition) is 1. The first kappa shape index (κ1) is 12.9. The van der Waals surface area contributed by atoms with Crippen molar-refractivity contribution in [3.05, 3.63) is 0 Å². The monoisotopic (exact) mass is 238 g/mol. The predicted octanol–water partition coefficient (Wildman–Crippen LogP) is 2.02. The van der Waals surface area contributed by atoms with Gasteiger partial charge in [-0.3, -0.25) is 4.79 Å². The molecule has 0 unspecified atom stereocenters. The summed E-state index contributed by atoms with van der Waals surface area (Å²) in [5.41, 5.74) is 0. The number of carbonyl (C=O) groups excluding carboxylic acids is 1. The Hall–Kier alpha value is -0.570. The highest BCUT2D eigenvalue weighted by Gasteiger charge is 2.30. The lowest BCUT2D eigenvalue weighted by molar-refractivity contribution is -0.138. The lowest BCUT2D eigenvalue weighted by Crippen LogP contribution is -2.46. The second kappa shape index (κ2) is 5.85. The number of amides is 1. The SMILES string of the molecule is CC1CCC(C(=O)N(C)C2CCNCC2)CC1. The first-order valence-electron chi connectivity index (χ1n) is 7.16. The Labute approximate surface area is 105 Å². The van der Waals surface area contributed by atoms with Crippen LogP contribution in [0.1, 0.15) is 45.4 Å². The van der Waals surface area contributed by atoms with Crippen LogP contribution in [0.15, 0.2) is 0 Å². The van der Waals surface area contributed by atoms with Crippen molar-refractivity contribution in [3.63, 3.8) is 0 Å². The van der Waals surface area contributed by atoms with Crippen molar-refractivity contribution in [1.82, 2.24) is 10.2 Å². The molecule has 0 aromatic rings. The van der Waals surface area contributed by atoms with Crippen molar-refractivity contribution >= 4 is 5.91 Å². The summed E-state index contributed by atoms with van der Waals surface area (Å²) in [4.78, 5) is 14.5. The largest absolute Gasteiger partial charge is 0.342 e. The standard InChI is InChI=1S/C14H26N2O/c1-11-3-5-12(6-4-11)14(17)16(2)13-7-9-15-10-8-13/h11-13,15H,3-10H2,1-2H3. The molecule has 1 N–H and O–H groups in total. The summed E-state index contributed by atoms with van der Waals surface area (Å²) in [6, 6.07) is 0.475. The molecule has 0 bridgehead atoms. The quantitative estimate of drug-likeness (QED) is 0.798. The summed E-state index contributed by atoms with van der Waals surface area (Å²) in [5, 5.41) is 3.36. The van der Waals surface area contributed by atoms with Gasteiger partial charge < -0.3 is 10.2 Å². The Morgan fingerprint density at radius 1 is 1.06 bits per heavy atom. The fourth-order valence-electron chi connectivity index (χ4n) is 3.17. The van der Waals surface area contributed by atoms with Crippen molar-refractivity contribution in [3.8, 4) is 0 Å². The van der Waals surface area contributed by atoms with Crippen LogP contribution >= 0.6 is 0 Å². The van der Waals surface area contributed by atoms with Gasteiger partial charge in [-0.05, 0) is 57.5 Å². The Balaban J connectivity index is 1.85. The molecule has 2 aliphatic rings. The highest BCUT2D eigenvalue weighted by Crippen LogP contribution is 2.30. The third-order valence-corrected chi connectivity index (χ3v) is 4.57. The topological polar surface area (TPSA) is 32.3 Å². The molecule has 2 fully saturated rings. The molecule has 0 spiro atoms. The van der Waals surface area contributed by atoms with Crippen LogP contribution in [0.4, 0.5) is 0 Å². The Morgan fingerprint density at radius 3 is 2.24 bits per heavy atom. The highest BCUT2D eigenvalue weighted by atomic mass is 16.2. The van der Waals surface area contributed by atoms with E-state index in [2.05, 4.69) is 12.2 Å². The van der Waals surface area contributed by atoms with Crippen LogP contribution in [0.5, 0.6) is 0 Å². The summed E-state index contributed by atoms with van der Waals surface area (Å²) in [6.07, 6.45) is 6.91. The lowest BCUT2D eigenvalue weighted by atomic mass is 9.82. The fourth-order valence-corrected chi connectivity index (χ4v) is 3.17. The van der Waals surface area contributed by atoms with Crippen LogP contribution in [-0.4, -0.2) is 37.0 Å². The van der Waals surface area contributed by atoms with Gasteiger partial charge in [0, 0.05) is 19.0 Å². The first-order valence-corrected chi connectivity index (χ1v) is 7.16.